The second-order valence-electron chi connectivity index (χ2n) is 5.28. The molecule has 0 aliphatic heterocycles. The van der Waals surface area contributed by atoms with Crippen molar-refractivity contribution in [1.29, 1.82) is 0 Å². The van der Waals surface area contributed by atoms with Crippen molar-refractivity contribution in [3.8, 4) is 0 Å². The lowest BCUT2D eigenvalue weighted by molar-refractivity contribution is -0.139. The van der Waals surface area contributed by atoms with Crippen molar-refractivity contribution in [1.82, 2.24) is 5.32 Å². The molecule has 132 valence electrons. The number of alkyl halides is 3. The van der Waals surface area contributed by atoms with Gasteiger partial charge >= 0.3 is 12.1 Å². The minimum absolute atomic E-state index is 0.000521. The van der Waals surface area contributed by atoms with E-state index in [9.17, 15) is 27.9 Å². The van der Waals surface area contributed by atoms with Crippen molar-refractivity contribution in [2.75, 3.05) is 0 Å². The molecule has 0 saturated heterocycles. The molecule has 1 amide bonds. The normalized spacial score (nSPS) is 12.5. The highest BCUT2D eigenvalue weighted by Gasteiger charge is 2.31. The quantitative estimate of drug-likeness (QED) is 0.778. The van der Waals surface area contributed by atoms with E-state index in [1.54, 1.807) is 24.3 Å². The number of carboxylic acid groups (broad SMARTS) is 1. The summed E-state index contributed by atoms with van der Waals surface area (Å²) in [4.78, 5) is 23.5. The van der Waals surface area contributed by atoms with E-state index < -0.39 is 29.7 Å². The van der Waals surface area contributed by atoms with Crippen LogP contribution in [0.3, 0.4) is 0 Å². The highest BCUT2D eigenvalue weighted by Crippen LogP contribution is 2.29. The van der Waals surface area contributed by atoms with Gasteiger partial charge in [0.1, 0.15) is 6.04 Å². The maximum atomic E-state index is 12.7. The summed E-state index contributed by atoms with van der Waals surface area (Å²) >= 11 is 3.26. The van der Waals surface area contributed by atoms with Crippen molar-refractivity contribution < 1.29 is 27.9 Å². The van der Waals surface area contributed by atoms with E-state index in [-0.39, 0.29) is 12.0 Å². The molecule has 0 spiro atoms. The summed E-state index contributed by atoms with van der Waals surface area (Å²) in [7, 11) is 0. The Morgan fingerprint density at radius 2 is 1.80 bits per heavy atom. The predicted molar refractivity (Wildman–Crippen MR) is 88.2 cm³/mol. The van der Waals surface area contributed by atoms with Crippen LogP contribution >= 0.6 is 15.9 Å². The Kier molecular flexibility index (Phi) is 5.84. The fourth-order valence-electron chi connectivity index (χ4n) is 2.18. The molecule has 0 radical (unpaired) electrons. The second kappa shape index (κ2) is 7.69. The molecule has 2 aromatic rings. The standard InChI is InChI=1S/C17H13BrF3NO3/c18-13-6-1-3-10(7-13)8-14(16(24)25)22-15(23)11-4-2-5-12(9-11)17(19,20)21/h1-7,9,14H,8H2,(H,22,23)(H,24,25)/t14-/m0/s1. The van der Waals surface area contributed by atoms with E-state index in [1.165, 1.54) is 6.07 Å². The molecule has 2 N–H and O–H groups in total. The smallest absolute Gasteiger partial charge is 0.416 e. The van der Waals surface area contributed by atoms with Crippen LogP contribution in [0.2, 0.25) is 0 Å². The van der Waals surface area contributed by atoms with E-state index in [0.29, 0.717) is 11.6 Å². The molecule has 0 heterocycles. The van der Waals surface area contributed by atoms with E-state index in [4.69, 9.17) is 0 Å². The van der Waals surface area contributed by atoms with Crippen LogP contribution in [0.4, 0.5) is 13.2 Å². The lowest BCUT2D eigenvalue weighted by Gasteiger charge is -2.15. The molecule has 0 bridgehead atoms. The van der Waals surface area contributed by atoms with Gasteiger partial charge in [0.05, 0.1) is 5.56 Å². The fourth-order valence-corrected chi connectivity index (χ4v) is 2.62. The maximum absolute atomic E-state index is 12.7. The first-order valence-corrected chi connectivity index (χ1v) is 7.91. The van der Waals surface area contributed by atoms with E-state index in [2.05, 4.69) is 21.2 Å². The Hall–Kier alpha value is -2.35. The number of carbonyl (C=O) groups is 2. The SMILES string of the molecule is O=C(N[C@@H](Cc1cccc(Br)c1)C(=O)O)c1cccc(C(F)(F)F)c1. The number of halogens is 4. The molecule has 0 aliphatic rings. The number of hydrogen-bond donors (Lipinski definition) is 2. The third-order valence-electron chi connectivity index (χ3n) is 3.38. The first kappa shape index (κ1) is 19.0. The second-order valence-corrected chi connectivity index (χ2v) is 6.19. The van der Waals surface area contributed by atoms with Gasteiger partial charge in [0, 0.05) is 16.5 Å². The number of amides is 1. The summed E-state index contributed by atoms with van der Waals surface area (Å²) in [6.07, 6.45) is -4.59. The number of aliphatic carboxylic acids is 1. The number of carbonyl (C=O) groups excluding carboxylic acids is 1. The van der Waals surface area contributed by atoms with Crippen molar-refractivity contribution in [3.05, 3.63) is 69.7 Å². The number of benzene rings is 2. The van der Waals surface area contributed by atoms with Gasteiger partial charge in [-0.15, -0.1) is 0 Å². The molecule has 2 aromatic carbocycles. The number of nitrogens with one attached hydrogen (secondary N) is 1. The van der Waals surface area contributed by atoms with Gasteiger partial charge in [0.25, 0.3) is 5.91 Å². The Labute approximate surface area is 149 Å². The molecular weight excluding hydrogens is 403 g/mol. The Bertz CT molecular complexity index is 793. The van der Waals surface area contributed by atoms with Crippen molar-refractivity contribution in [2.45, 2.75) is 18.6 Å². The molecule has 25 heavy (non-hydrogen) atoms. The van der Waals surface area contributed by atoms with Crippen LogP contribution in [0, 0.1) is 0 Å². The van der Waals surface area contributed by atoms with E-state index >= 15 is 0 Å². The Morgan fingerprint density at radius 1 is 1.12 bits per heavy atom. The zero-order valence-corrected chi connectivity index (χ0v) is 14.3. The molecule has 8 heteroatoms. The first-order chi connectivity index (χ1) is 11.7. The van der Waals surface area contributed by atoms with Crippen LogP contribution < -0.4 is 5.32 Å². The molecule has 0 unspecified atom stereocenters. The zero-order chi connectivity index (χ0) is 18.6. The topological polar surface area (TPSA) is 66.4 Å². The van der Waals surface area contributed by atoms with Gasteiger partial charge in [-0.1, -0.05) is 34.1 Å². The lowest BCUT2D eigenvalue weighted by atomic mass is 10.0. The molecule has 4 nitrogen and oxygen atoms in total. The number of carboxylic acids is 1. The fraction of sp³-hybridized carbons (Fsp3) is 0.176. The van der Waals surface area contributed by atoms with Gasteiger partial charge in [-0.25, -0.2) is 4.79 Å². The molecule has 0 aliphatic carbocycles. The van der Waals surface area contributed by atoms with Crippen molar-refractivity contribution >= 4 is 27.8 Å². The Morgan fingerprint density at radius 3 is 2.40 bits per heavy atom. The van der Waals surface area contributed by atoms with Crippen LogP contribution in [-0.2, 0) is 17.4 Å². The maximum Gasteiger partial charge on any atom is 0.416 e. The van der Waals surface area contributed by atoms with Crippen LogP contribution in [0.5, 0.6) is 0 Å². The van der Waals surface area contributed by atoms with Gasteiger partial charge < -0.3 is 10.4 Å². The summed E-state index contributed by atoms with van der Waals surface area (Å²) in [6, 6.07) is 9.43. The monoisotopic (exact) mass is 415 g/mol. The third-order valence-corrected chi connectivity index (χ3v) is 3.88. The minimum atomic E-state index is -4.58. The lowest BCUT2D eigenvalue weighted by Crippen LogP contribution is -2.42. The van der Waals surface area contributed by atoms with Gasteiger partial charge in [-0.05, 0) is 35.9 Å². The number of rotatable bonds is 5. The summed E-state index contributed by atoms with van der Waals surface area (Å²) in [5.41, 5.74) is -0.569. The highest BCUT2D eigenvalue weighted by molar-refractivity contribution is 9.10. The molecule has 0 fully saturated rings. The van der Waals surface area contributed by atoms with Gasteiger partial charge in [0.15, 0.2) is 0 Å². The van der Waals surface area contributed by atoms with Crippen LogP contribution in [0.25, 0.3) is 0 Å². The molecule has 0 saturated carbocycles. The zero-order valence-electron chi connectivity index (χ0n) is 12.7. The number of hydrogen-bond acceptors (Lipinski definition) is 2. The Balaban J connectivity index is 2.17. The molecule has 1 atom stereocenters. The van der Waals surface area contributed by atoms with Gasteiger partial charge in [0.2, 0.25) is 0 Å². The predicted octanol–water partition coefficient (Wildman–Crippen LogP) is 3.89. The summed E-state index contributed by atoms with van der Waals surface area (Å²) < 4.78 is 38.9. The minimum Gasteiger partial charge on any atom is -0.480 e. The average Bonchev–Trinajstić information content (AvgIpc) is 2.53. The summed E-state index contributed by atoms with van der Waals surface area (Å²) in [5, 5.41) is 11.5. The van der Waals surface area contributed by atoms with E-state index in [1.807, 2.05) is 0 Å². The summed E-state index contributed by atoms with van der Waals surface area (Å²) in [6.45, 7) is 0. The van der Waals surface area contributed by atoms with Gasteiger partial charge in [-0.2, -0.15) is 13.2 Å². The van der Waals surface area contributed by atoms with Crippen molar-refractivity contribution in [3.63, 3.8) is 0 Å². The summed E-state index contributed by atoms with van der Waals surface area (Å²) in [5.74, 6) is -2.16. The first-order valence-electron chi connectivity index (χ1n) is 7.12. The van der Waals surface area contributed by atoms with Crippen LogP contribution in [0.15, 0.2) is 53.0 Å². The van der Waals surface area contributed by atoms with E-state index in [0.717, 1.165) is 16.6 Å². The van der Waals surface area contributed by atoms with Gasteiger partial charge in [-0.3, -0.25) is 4.79 Å². The molecule has 2 rings (SSSR count). The third kappa shape index (κ3) is 5.32. The average molecular weight is 416 g/mol. The molecular formula is C17H13BrF3NO3. The largest absolute Gasteiger partial charge is 0.480 e. The van der Waals surface area contributed by atoms with Crippen LogP contribution in [0.1, 0.15) is 21.5 Å². The molecule has 0 aromatic heterocycles. The van der Waals surface area contributed by atoms with Crippen molar-refractivity contribution in [2.24, 2.45) is 0 Å². The van der Waals surface area contributed by atoms with Crippen LogP contribution in [-0.4, -0.2) is 23.0 Å². The highest BCUT2D eigenvalue weighted by atomic mass is 79.9.